The molecule has 5 N–H and O–H groups in total. The van der Waals surface area contributed by atoms with Gasteiger partial charge in [0.2, 0.25) is 0 Å². The average Bonchev–Trinajstić information content (AvgIpc) is 2.42. The first-order valence-electron chi connectivity index (χ1n) is 6.28. The SMILES string of the molecule is CCCOc1ccc(OCCSC(=N)N=C(N)N)cc1. The van der Waals surface area contributed by atoms with Gasteiger partial charge in [-0.2, -0.15) is 4.99 Å². The van der Waals surface area contributed by atoms with Gasteiger partial charge in [-0.05, 0) is 30.7 Å². The molecule has 110 valence electrons. The number of nitrogens with two attached hydrogens (primary N) is 2. The van der Waals surface area contributed by atoms with Crippen molar-refractivity contribution < 1.29 is 9.47 Å². The number of aliphatic imine (C=N–C) groups is 1. The van der Waals surface area contributed by atoms with Crippen LogP contribution in [0.3, 0.4) is 0 Å². The minimum Gasteiger partial charge on any atom is -0.494 e. The predicted octanol–water partition coefficient (Wildman–Crippen LogP) is 1.80. The van der Waals surface area contributed by atoms with Crippen LogP contribution in [0.25, 0.3) is 0 Å². The Morgan fingerprint density at radius 2 is 1.70 bits per heavy atom. The number of ether oxygens (including phenoxy) is 2. The zero-order valence-corrected chi connectivity index (χ0v) is 12.3. The Labute approximate surface area is 123 Å². The Bertz CT molecular complexity index is 444. The highest BCUT2D eigenvalue weighted by Crippen LogP contribution is 2.18. The summed E-state index contributed by atoms with van der Waals surface area (Å²) in [4.78, 5) is 3.61. The van der Waals surface area contributed by atoms with Crippen molar-refractivity contribution >= 4 is 22.9 Å². The van der Waals surface area contributed by atoms with Crippen LogP contribution in [0, 0.1) is 5.41 Å². The minimum atomic E-state index is -0.105. The second-order valence-electron chi connectivity index (χ2n) is 3.86. The number of rotatable bonds is 7. The second-order valence-corrected chi connectivity index (χ2v) is 4.94. The van der Waals surface area contributed by atoms with Gasteiger partial charge in [-0.15, -0.1) is 0 Å². The van der Waals surface area contributed by atoms with Gasteiger partial charge in [0.25, 0.3) is 0 Å². The summed E-state index contributed by atoms with van der Waals surface area (Å²) in [6, 6.07) is 7.47. The van der Waals surface area contributed by atoms with E-state index in [-0.39, 0.29) is 11.1 Å². The first-order valence-corrected chi connectivity index (χ1v) is 7.27. The summed E-state index contributed by atoms with van der Waals surface area (Å²) in [5.74, 6) is 2.10. The zero-order valence-electron chi connectivity index (χ0n) is 11.5. The molecule has 7 heteroatoms. The van der Waals surface area contributed by atoms with E-state index < -0.39 is 0 Å². The molecule has 0 aliphatic rings. The quantitative estimate of drug-likeness (QED) is 0.404. The molecule has 1 aromatic carbocycles. The molecule has 0 heterocycles. The molecular formula is C13H20N4O2S. The molecule has 0 unspecified atom stereocenters. The molecule has 0 fully saturated rings. The van der Waals surface area contributed by atoms with Crippen LogP contribution in [-0.4, -0.2) is 30.1 Å². The maximum absolute atomic E-state index is 7.44. The van der Waals surface area contributed by atoms with E-state index in [4.69, 9.17) is 26.4 Å². The second kappa shape index (κ2) is 9.08. The van der Waals surface area contributed by atoms with Crippen molar-refractivity contribution in [3.8, 4) is 11.5 Å². The van der Waals surface area contributed by atoms with Crippen LogP contribution >= 0.6 is 11.8 Å². The van der Waals surface area contributed by atoms with Gasteiger partial charge in [-0.25, -0.2) is 0 Å². The van der Waals surface area contributed by atoms with Gasteiger partial charge < -0.3 is 20.9 Å². The minimum absolute atomic E-state index is 0.0805. The molecule has 6 nitrogen and oxygen atoms in total. The molecule has 0 radical (unpaired) electrons. The number of guanidine groups is 1. The van der Waals surface area contributed by atoms with Crippen LogP contribution in [0.15, 0.2) is 29.3 Å². The van der Waals surface area contributed by atoms with Gasteiger partial charge in [-0.3, -0.25) is 5.41 Å². The Morgan fingerprint density at radius 3 is 2.20 bits per heavy atom. The third-order valence-electron chi connectivity index (χ3n) is 2.12. The van der Waals surface area contributed by atoms with Crippen molar-refractivity contribution in [1.82, 2.24) is 0 Å². The summed E-state index contributed by atoms with van der Waals surface area (Å²) < 4.78 is 11.0. The Morgan fingerprint density at radius 1 is 1.15 bits per heavy atom. The fourth-order valence-corrected chi connectivity index (χ4v) is 1.83. The Hall–Kier alpha value is -1.89. The number of hydrogen-bond acceptors (Lipinski definition) is 4. The highest BCUT2D eigenvalue weighted by molar-refractivity contribution is 8.13. The van der Waals surface area contributed by atoms with E-state index in [0.29, 0.717) is 19.0 Å². The van der Waals surface area contributed by atoms with Crippen molar-refractivity contribution in [2.45, 2.75) is 13.3 Å². The number of thioether (sulfide) groups is 1. The third kappa shape index (κ3) is 6.89. The van der Waals surface area contributed by atoms with Crippen LogP contribution in [0.5, 0.6) is 11.5 Å². The van der Waals surface area contributed by atoms with Gasteiger partial charge in [0.1, 0.15) is 11.5 Å². The van der Waals surface area contributed by atoms with Gasteiger partial charge in [-0.1, -0.05) is 18.7 Å². The van der Waals surface area contributed by atoms with Crippen LogP contribution in [0.4, 0.5) is 0 Å². The van der Waals surface area contributed by atoms with Crippen LogP contribution < -0.4 is 20.9 Å². The van der Waals surface area contributed by atoms with E-state index in [1.165, 1.54) is 11.8 Å². The molecule has 0 saturated heterocycles. The Balaban J connectivity index is 2.25. The van der Waals surface area contributed by atoms with E-state index in [1.807, 2.05) is 24.3 Å². The lowest BCUT2D eigenvalue weighted by Crippen LogP contribution is -2.23. The standard InChI is InChI=1S/C13H20N4O2S/c1-2-7-18-10-3-5-11(6-4-10)19-8-9-20-13(16)17-12(14)15/h3-6H,2,7-9H2,1H3,(H5,14,15,16,17). The molecule has 0 aromatic heterocycles. The van der Waals surface area contributed by atoms with E-state index in [2.05, 4.69) is 11.9 Å². The molecule has 0 bridgehead atoms. The molecule has 0 amide bonds. The van der Waals surface area contributed by atoms with Gasteiger partial charge >= 0.3 is 0 Å². The molecule has 0 aliphatic heterocycles. The maximum Gasteiger partial charge on any atom is 0.193 e. The third-order valence-corrected chi connectivity index (χ3v) is 2.85. The van der Waals surface area contributed by atoms with Crippen molar-refractivity contribution in [1.29, 1.82) is 5.41 Å². The lowest BCUT2D eigenvalue weighted by atomic mass is 10.3. The van der Waals surface area contributed by atoms with Crippen LogP contribution in [0.2, 0.25) is 0 Å². The summed E-state index contributed by atoms with van der Waals surface area (Å²) in [5, 5.41) is 7.52. The number of amidine groups is 1. The predicted molar refractivity (Wildman–Crippen MR) is 83.7 cm³/mol. The van der Waals surface area contributed by atoms with E-state index in [0.717, 1.165) is 17.9 Å². The van der Waals surface area contributed by atoms with Gasteiger partial charge in [0.15, 0.2) is 11.1 Å². The molecule has 0 spiro atoms. The van der Waals surface area contributed by atoms with Gasteiger partial charge in [0.05, 0.1) is 13.2 Å². The zero-order chi connectivity index (χ0) is 14.8. The van der Waals surface area contributed by atoms with Crippen LogP contribution in [-0.2, 0) is 0 Å². The normalized spacial score (nSPS) is 9.85. The topological polar surface area (TPSA) is 107 Å². The largest absolute Gasteiger partial charge is 0.494 e. The van der Waals surface area contributed by atoms with Crippen molar-refractivity contribution in [3.63, 3.8) is 0 Å². The van der Waals surface area contributed by atoms with Crippen LogP contribution in [0.1, 0.15) is 13.3 Å². The molecule has 0 atom stereocenters. The fraction of sp³-hybridized carbons (Fsp3) is 0.385. The van der Waals surface area contributed by atoms with E-state index in [9.17, 15) is 0 Å². The van der Waals surface area contributed by atoms with Gasteiger partial charge in [0, 0.05) is 5.75 Å². The van der Waals surface area contributed by atoms with E-state index >= 15 is 0 Å². The molecule has 0 saturated carbocycles. The van der Waals surface area contributed by atoms with Crippen molar-refractivity contribution in [2.75, 3.05) is 19.0 Å². The first-order chi connectivity index (χ1) is 9.61. The number of benzene rings is 1. The average molecular weight is 296 g/mol. The summed E-state index contributed by atoms with van der Waals surface area (Å²) in [7, 11) is 0. The maximum atomic E-state index is 7.44. The molecule has 1 rings (SSSR count). The highest BCUT2D eigenvalue weighted by atomic mass is 32.2. The smallest absolute Gasteiger partial charge is 0.193 e. The van der Waals surface area contributed by atoms with Crippen molar-refractivity contribution in [3.05, 3.63) is 24.3 Å². The first kappa shape index (κ1) is 16.2. The Kier molecular flexibility index (Phi) is 7.34. The molecule has 20 heavy (non-hydrogen) atoms. The molecular weight excluding hydrogens is 276 g/mol. The lowest BCUT2D eigenvalue weighted by molar-refractivity contribution is 0.314. The fourth-order valence-electron chi connectivity index (χ4n) is 1.30. The molecule has 0 aliphatic carbocycles. The summed E-state index contributed by atoms with van der Waals surface area (Å²) >= 11 is 1.22. The number of hydrogen-bond donors (Lipinski definition) is 3. The monoisotopic (exact) mass is 296 g/mol. The summed E-state index contributed by atoms with van der Waals surface area (Å²) in [6.07, 6.45) is 0.983. The van der Waals surface area contributed by atoms with Crippen molar-refractivity contribution in [2.24, 2.45) is 16.5 Å². The lowest BCUT2D eigenvalue weighted by Gasteiger charge is -2.07. The summed E-state index contributed by atoms with van der Waals surface area (Å²) in [5.41, 5.74) is 10.3. The number of nitrogens with one attached hydrogen (secondary N) is 1. The summed E-state index contributed by atoms with van der Waals surface area (Å²) in [6.45, 7) is 3.25. The highest BCUT2D eigenvalue weighted by Gasteiger charge is 1.99. The molecule has 1 aromatic rings. The van der Waals surface area contributed by atoms with E-state index in [1.54, 1.807) is 0 Å². The number of nitrogens with zero attached hydrogens (tertiary/aromatic N) is 1.